The zero-order valence-electron chi connectivity index (χ0n) is 21.4. The molecule has 4 aromatic carbocycles. The first-order chi connectivity index (χ1) is 19.8. The largest absolute Gasteiger partial charge is 0.294 e. The van der Waals surface area contributed by atoms with Crippen LogP contribution >= 0.6 is 0 Å². The molecule has 40 heavy (non-hydrogen) atoms. The predicted octanol–water partition coefficient (Wildman–Crippen LogP) is 8.35. The summed E-state index contributed by atoms with van der Waals surface area (Å²) in [6, 6.07) is 40.5. The van der Waals surface area contributed by atoms with Crippen molar-refractivity contribution in [3.63, 3.8) is 0 Å². The Morgan fingerprint density at radius 3 is 2.05 bits per heavy atom. The van der Waals surface area contributed by atoms with E-state index in [0.29, 0.717) is 0 Å². The zero-order valence-corrected chi connectivity index (χ0v) is 21.4. The van der Waals surface area contributed by atoms with Crippen LogP contribution in [0.1, 0.15) is 0 Å². The number of hydrogen-bond donors (Lipinski definition) is 0. The topological polar surface area (TPSA) is 48.0 Å². The first kappa shape index (κ1) is 21.4. The second kappa shape index (κ2) is 7.98. The minimum absolute atomic E-state index is 0.887. The van der Waals surface area contributed by atoms with Gasteiger partial charge in [0.1, 0.15) is 11.5 Å². The fourth-order valence-corrected chi connectivity index (χ4v) is 6.25. The Labute approximate surface area is 228 Å². The molecule has 9 aromatic rings. The maximum atomic E-state index is 5.13. The molecule has 0 saturated carbocycles. The SMILES string of the molecule is c1cc(-c2ccncc2)nc(-n2c3ccccc3c3cc4c(cc32)c2ccccc2c2nc3ccccc3n42)c1. The Hall–Kier alpha value is -5.55. The highest BCUT2D eigenvalue weighted by atomic mass is 15.1. The van der Waals surface area contributed by atoms with E-state index in [0.717, 1.165) is 55.7 Å². The average Bonchev–Trinajstić information content (AvgIpc) is 3.57. The van der Waals surface area contributed by atoms with Gasteiger partial charge in [-0.15, -0.1) is 0 Å². The summed E-state index contributed by atoms with van der Waals surface area (Å²) in [5.41, 5.74) is 8.47. The smallest absolute Gasteiger partial charge is 0.146 e. The van der Waals surface area contributed by atoms with Gasteiger partial charge in [-0.3, -0.25) is 14.0 Å². The van der Waals surface area contributed by atoms with Crippen LogP contribution in [0.25, 0.3) is 77.2 Å². The zero-order chi connectivity index (χ0) is 26.2. The van der Waals surface area contributed by atoms with Crippen molar-refractivity contribution in [2.75, 3.05) is 0 Å². The molecule has 5 aromatic heterocycles. The second-order valence-corrected chi connectivity index (χ2v) is 10.2. The molecule has 0 amide bonds. The lowest BCUT2D eigenvalue weighted by Crippen LogP contribution is -1.99. The molecule has 0 fully saturated rings. The molecule has 9 rings (SSSR count). The summed E-state index contributed by atoms with van der Waals surface area (Å²) < 4.78 is 4.61. The third kappa shape index (κ3) is 2.89. The fraction of sp³-hybridized carbons (Fsp3) is 0. The molecule has 0 aliphatic carbocycles. The molecule has 0 spiro atoms. The highest BCUT2D eigenvalue weighted by Crippen LogP contribution is 2.39. The van der Waals surface area contributed by atoms with Crippen molar-refractivity contribution in [2.45, 2.75) is 0 Å². The van der Waals surface area contributed by atoms with Gasteiger partial charge in [0.25, 0.3) is 0 Å². The van der Waals surface area contributed by atoms with Crippen molar-refractivity contribution in [1.82, 2.24) is 23.9 Å². The van der Waals surface area contributed by atoms with Gasteiger partial charge in [0, 0.05) is 39.5 Å². The lowest BCUT2D eigenvalue weighted by molar-refractivity contribution is 1.08. The summed E-state index contributed by atoms with van der Waals surface area (Å²) >= 11 is 0. The standard InChI is InChI=1S/C35H21N5/c1-2-10-25-23(8-1)26-20-32-27(21-33(26)40-31-14-6-4-11-29(31)38-35(25)40)24-9-3-5-13-30(24)39(32)34-15-7-12-28(37-34)22-16-18-36-19-17-22/h1-21H. The van der Waals surface area contributed by atoms with Gasteiger partial charge in [-0.25, -0.2) is 9.97 Å². The molecule has 0 aliphatic rings. The van der Waals surface area contributed by atoms with Crippen LogP contribution < -0.4 is 0 Å². The van der Waals surface area contributed by atoms with Crippen molar-refractivity contribution < 1.29 is 0 Å². The van der Waals surface area contributed by atoms with Crippen LogP contribution in [0.4, 0.5) is 0 Å². The van der Waals surface area contributed by atoms with E-state index >= 15 is 0 Å². The van der Waals surface area contributed by atoms with Crippen molar-refractivity contribution in [3.05, 3.63) is 128 Å². The highest BCUT2D eigenvalue weighted by Gasteiger charge is 2.19. The first-order valence-corrected chi connectivity index (χ1v) is 13.4. The molecule has 5 heterocycles. The lowest BCUT2D eigenvalue weighted by atomic mass is 10.0. The Kier molecular flexibility index (Phi) is 4.27. The number of pyridine rings is 3. The van der Waals surface area contributed by atoms with Gasteiger partial charge in [-0.2, -0.15) is 0 Å². The van der Waals surface area contributed by atoms with Gasteiger partial charge in [-0.05, 0) is 60.0 Å². The second-order valence-electron chi connectivity index (χ2n) is 10.2. The van der Waals surface area contributed by atoms with E-state index in [1.54, 1.807) is 0 Å². The van der Waals surface area contributed by atoms with E-state index in [2.05, 4.69) is 117 Å². The third-order valence-corrected chi connectivity index (χ3v) is 7.99. The quantitative estimate of drug-likeness (QED) is 0.219. The summed E-state index contributed by atoms with van der Waals surface area (Å²) in [4.78, 5) is 14.4. The lowest BCUT2D eigenvalue weighted by Gasteiger charge is -2.12. The van der Waals surface area contributed by atoms with Gasteiger partial charge in [0.15, 0.2) is 0 Å². The van der Waals surface area contributed by atoms with Gasteiger partial charge in [0.2, 0.25) is 0 Å². The van der Waals surface area contributed by atoms with Crippen LogP contribution in [0.3, 0.4) is 0 Å². The van der Waals surface area contributed by atoms with Gasteiger partial charge in [-0.1, -0.05) is 60.7 Å². The molecule has 186 valence electrons. The average molecular weight is 512 g/mol. The molecule has 0 saturated heterocycles. The molecule has 0 N–H and O–H groups in total. The molecule has 0 atom stereocenters. The summed E-state index contributed by atoms with van der Waals surface area (Å²) in [6.07, 6.45) is 3.61. The Morgan fingerprint density at radius 2 is 1.18 bits per heavy atom. The van der Waals surface area contributed by atoms with Crippen LogP contribution in [0.2, 0.25) is 0 Å². The molecular weight excluding hydrogens is 490 g/mol. The summed E-state index contributed by atoms with van der Waals surface area (Å²) in [7, 11) is 0. The number of nitrogens with zero attached hydrogens (tertiary/aromatic N) is 5. The first-order valence-electron chi connectivity index (χ1n) is 13.4. The normalized spacial score (nSPS) is 12.0. The van der Waals surface area contributed by atoms with Gasteiger partial charge < -0.3 is 0 Å². The van der Waals surface area contributed by atoms with Crippen LogP contribution in [-0.4, -0.2) is 23.9 Å². The van der Waals surface area contributed by atoms with Crippen LogP contribution in [0, 0.1) is 0 Å². The number of aromatic nitrogens is 5. The minimum atomic E-state index is 0.887. The number of para-hydroxylation sites is 3. The Balaban J connectivity index is 1.46. The number of hydrogen-bond acceptors (Lipinski definition) is 3. The minimum Gasteiger partial charge on any atom is -0.294 e. The molecule has 0 bridgehead atoms. The van der Waals surface area contributed by atoms with Crippen LogP contribution in [0.15, 0.2) is 128 Å². The number of fused-ring (bicyclic) bond motifs is 11. The van der Waals surface area contributed by atoms with Crippen molar-refractivity contribution in [1.29, 1.82) is 0 Å². The Morgan fingerprint density at radius 1 is 0.475 bits per heavy atom. The molecule has 0 radical (unpaired) electrons. The molecular formula is C35H21N5. The van der Waals surface area contributed by atoms with Crippen LogP contribution in [-0.2, 0) is 0 Å². The number of rotatable bonds is 2. The maximum absolute atomic E-state index is 5.13. The molecule has 5 heteroatoms. The van der Waals surface area contributed by atoms with Crippen molar-refractivity contribution >= 4 is 60.2 Å². The molecule has 5 nitrogen and oxygen atoms in total. The van der Waals surface area contributed by atoms with Crippen molar-refractivity contribution in [2.24, 2.45) is 0 Å². The number of benzene rings is 4. The molecule has 0 aliphatic heterocycles. The Bertz CT molecular complexity index is 2430. The van der Waals surface area contributed by atoms with Gasteiger partial charge in [0.05, 0.1) is 33.3 Å². The fourth-order valence-electron chi connectivity index (χ4n) is 6.25. The van der Waals surface area contributed by atoms with E-state index in [1.165, 1.54) is 21.5 Å². The summed E-state index contributed by atoms with van der Waals surface area (Å²) in [5.74, 6) is 0.887. The summed E-state index contributed by atoms with van der Waals surface area (Å²) in [5, 5.41) is 5.91. The van der Waals surface area contributed by atoms with E-state index in [9.17, 15) is 0 Å². The van der Waals surface area contributed by atoms with Gasteiger partial charge >= 0.3 is 0 Å². The highest BCUT2D eigenvalue weighted by molar-refractivity contribution is 6.20. The monoisotopic (exact) mass is 511 g/mol. The maximum Gasteiger partial charge on any atom is 0.146 e. The van der Waals surface area contributed by atoms with E-state index in [1.807, 2.05) is 24.5 Å². The van der Waals surface area contributed by atoms with E-state index in [4.69, 9.17) is 9.97 Å². The van der Waals surface area contributed by atoms with E-state index in [-0.39, 0.29) is 0 Å². The number of imidazole rings is 1. The van der Waals surface area contributed by atoms with E-state index < -0.39 is 0 Å². The van der Waals surface area contributed by atoms with Crippen molar-refractivity contribution in [3.8, 4) is 17.1 Å². The van der Waals surface area contributed by atoms with Crippen LogP contribution in [0.5, 0.6) is 0 Å². The summed E-state index contributed by atoms with van der Waals surface area (Å²) in [6.45, 7) is 0. The third-order valence-electron chi connectivity index (χ3n) is 7.99. The molecule has 0 unspecified atom stereocenters. The predicted molar refractivity (Wildman–Crippen MR) is 163 cm³/mol.